The minimum Gasteiger partial charge on any atom is -0.345 e. The van der Waals surface area contributed by atoms with Crippen LogP contribution in [0.3, 0.4) is 0 Å². The van der Waals surface area contributed by atoms with E-state index < -0.39 is 10.0 Å². The van der Waals surface area contributed by atoms with Gasteiger partial charge in [0.15, 0.2) is 5.13 Å². The van der Waals surface area contributed by atoms with Crippen LogP contribution in [0.2, 0.25) is 5.15 Å². The zero-order valence-electron chi connectivity index (χ0n) is 9.77. The van der Waals surface area contributed by atoms with Crippen molar-refractivity contribution in [3.63, 3.8) is 0 Å². The van der Waals surface area contributed by atoms with Gasteiger partial charge in [0.25, 0.3) is 0 Å². The standard InChI is InChI=1S/C9H13Cl2N3O2S2/c1-18(15,16)14-4-2-13(3-5-14)9-12-8(11)7(6-10)17-9/h2-6H2,1H3. The van der Waals surface area contributed by atoms with Gasteiger partial charge in [0.05, 0.1) is 17.0 Å². The number of piperazine rings is 1. The van der Waals surface area contributed by atoms with E-state index in [9.17, 15) is 8.42 Å². The van der Waals surface area contributed by atoms with Crippen LogP contribution in [0.5, 0.6) is 0 Å². The molecule has 0 aromatic carbocycles. The monoisotopic (exact) mass is 329 g/mol. The maximum Gasteiger partial charge on any atom is 0.211 e. The molecule has 102 valence electrons. The fourth-order valence-corrected chi connectivity index (χ4v) is 4.10. The summed E-state index contributed by atoms with van der Waals surface area (Å²) in [5, 5.41) is 1.25. The van der Waals surface area contributed by atoms with E-state index in [0.717, 1.165) is 10.0 Å². The predicted molar refractivity (Wildman–Crippen MR) is 75.3 cm³/mol. The summed E-state index contributed by atoms with van der Waals surface area (Å²) in [5.41, 5.74) is 0. The molecule has 0 spiro atoms. The Hall–Kier alpha value is -0.0800. The molecule has 1 aromatic rings. The van der Waals surface area contributed by atoms with Gasteiger partial charge in [0.1, 0.15) is 5.15 Å². The molecule has 18 heavy (non-hydrogen) atoms. The summed E-state index contributed by atoms with van der Waals surface area (Å²) >= 11 is 13.2. The second-order valence-corrected chi connectivity index (χ2v) is 7.66. The van der Waals surface area contributed by atoms with Crippen LogP contribution in [-0.2, 0) is 15.9 Å². The van der Waals surface area contributed by atoms with Gasteiger partial charge in [-0.2, -0.15) is 4.31 Å². The molecule has 0 atom stereocenters. The molecule has 0 bridgehead atoms. The average molecular weight is 330 g/mol. The minimum absolute atomic E-state index is 0.347. The van der Waals surface area contributed by atoms with E-state index >= 15 is 0 Å². The third-order valence-corrected chi connectivity index (χ3v) is 6.01. The number of halogens is 2. The molecule has 0 N–H and O–H groups in total. The number of thiazole rings is 1. The van der Waals surface area contributed by atoms with E-state index in [2.05, 4.69) is 4.98 Å². The summed E-state index contributed by atoms with van der Waals surface area (Å²) in [6, 6.07) is 0. The van der Waals surface area contributed by atoms with Gasteiger partial charge in [-0.15, -0.1) is 11.6 Å². The Kier molecular flexibility index (Phi) is 4.38. The molecule has 2 heterocycles. The molecule has 0 saturated carbocycles. The number of hydrogen-bond donors (Lipinski definition) is 0. The zero-order chi connectivity index (χ0) is 13.3. The van der Waals surface area contributed by atoms with Crippen LogP contribution >= 0.6 is 34.5 Å². The zero-order valence-corrected chi connectivity index (χ0v) is 12.9. The Labute approximate surface area is 120 Å². The Morgan fingerprint density at radius 1 is 1.33 bits per heavy atom. The molecule has 1 aliphatic rings. The highest BCUT2D eigenvalue weighted by atomic mass is 35.5. The summed E-state index contributed by atoms with van der Waals surface area (Å²) in [4.78, 5) is 7.13. The first-order chi connectivity index (χ1) is 8.41. The number of rotatable bonds is 3. The van der Waals surface area contributed by atoms with Crippen LogP contribution in [0.1, 0.15) is 4.88 Å². The lowest BCUT2D eigenvalue weighted by atomic mass is 10.4. The molecule has 0 aliphatic carbocycles. The lowest BCUT2D eigenvalue weighted by Crippen LogP contribution is -2.48. The highest BCUT2D eigenvalue weighted by Gasteiger charge is 2.25. The van der Waals surface area contributed by atoms with Crippen molar-refractivity contribution in [2.24, 2.45) is 0 Å². The van der Waals surface area contributed by atoms with Crippen LogP contribution < -0.4 is 4.90 Å². The summed E-state index contributed by atoms with van der Waals surface area (Å²) in [7, 11) is -3.10. The Morgan fingerprint density at radius 2 is 1.94 bits per heavy atom. The first-order valence-electron chi connectivity index (χ1n) is 5.33. The van der Waals surface area contributed by atoms with Crippen LogP contribution in [0.25, 0.3) is 0 Å². The molecule has 5 nitrogen and oxygen atoms in total. The number of hydrogen-bond acceptors (Lipinski definition) is 5. The van der Waals surface area contributed by atoms with Gasteiger partial charge in [-0.25, -0.2) is 13.4 Å². The fourth-order valence-electron chi connectivity index (χ4n) is 1.75. The molecule has 1 aromatic heterocycles. The predicted octanol–water partition coefficient (Wildman–Crippen LogP) is 1.62. The van der Waals surface area contributed by atoms with Crippen LogP contribution in [0.4, 0.5) is 5.13 Å². The van der Waals surface area contributed by atoms with E-state index in [0.29, 0.717) is 37.2 Å². The topological polar surface area (TPSA) is 53.5 Å². The molecular weight excluding hydrogens is 317 g/mol. The van der Waals surface area contributed by atoms with Crippen molar-refractivity contribution in [2.75, 3.05) is 37.3 Å². The average Bonchev–Trinajstić information content (AvgIpc) is 2.69. The molecule has 0 amide bonds. The molecule has 2 rings (SSSR count). The molecule has 0 unspecified atom stereocenters. The van der Waals surface area contributed by atoms with Crippen molar-refractivity contribution < 1.29 is 8.42 Å². The van der Waals surface area contributed by atoms with Gasteiger partial charge in [-0.05, 0) is 0 Å². The van der Waals surface area contributed by atoms with Crippen molar-refractivity contribution in [2.45, 2.75) is 5.88 Å². The summed E-state index contributed by atoms with van der Waals surface area (Å²) in [6.45, 7) is 2.20. The Bertz CT molecular complexity index is 524. The number of alkyl halides is 1. The largest absolute Gasteiger partial charge is 0.345 e. The molecule has 1 fully saturated rings. The normalized spacial score (nSPS) is 18.3. The van der Waals surface area contributed by atoms with Gasteiger partial charge in [-0.3, -0.25) is 0 Å². The first-order valence-corrected chi connectivity index (χ1v) is 8.91. The maximum absolute atomic E-state index is 11.4. The third kappa shape index (κ3) is 3.08. The summed E-state index contributed by atoms with van der Waals surface area (Å²) in [6.07, 6.45) is 1.23. The van der Waals surface area contributed by atoms with Crippen molar-refractivity contribution in [1.29, 1.82) is 0 Å². The van der Waals surface area contributed by atoms with Crippen LogP contribution in [0, 0.1) is 0 Å². The number of sulfonamides is 1. The molecule has 9 heteroatoms. The van der Waals surface area contributed by atoms with E-state index in [1.165, 1.54) is 21.9 Å². The summed E-state index contributed by atoms with van der Waals surface area (Å²) < 4.78 is 24.3. The fraction of sp³-hybridized carbons (Fsp3) is 0.667. The number of anilines is 1. The highest BCUT2D eigenvalue weighted by Crippen LogP contribution is 2.31. The molecule has 0 radical (unpaired) electrons. The smallest absolute Gasteiger partial charge is 0.211 e. The maximum atomic E-state index is 11.4. The SMILES string of the molecule is CS(=O)(=O)N1CCN(c2nc(Cl)c(CCl)s2)CC1. The van der Waals surface area contributed by atoms with Gasteiger partial charge >= 0.3 is 0 Å². The van der Waals surface area contributed by atoms with Gasteiger partial charge < -0.3 is 4.90 Å². The third-order valence-electron chi connectivity index (χ3n) is 2.74. The van der Waals surface area contributed by atoms with Crippen molar-refractivity contribution >= 4 is 49.7 Å². The van der Waals surface area contributed by atoms with Crippen molar-refractivity contribution in [3.8, 4) is 0 Å². The lowest BCUT2D eigenvalue weighted by molar-refractivity contribution is 0.388. The van der Waals surface area contributed by atoms with E-state index in [-0.39, 0.29) is 0 Å². The molecule has 1 aliphatic heterocycles. The van der Waals surface area contributed by atoms with Crippen LogP contribution in [-0.4, -0.2) is 50.1 Å². The molecular formula is C9H13Cl2N3O2S2. The lowest BCUT2D eigenvalue weighted by Gasteiger charge is -2.32. The van der Waals surface area contributed by atoms with E-state index in [1.54, 1.807) is 0 Å². The first kappa shape index (κ1) is 14.3. The van der Waals surface area contributed by atoms with Gasteiger partial charge in [0, 0.05) is 26.2 Å². The number of aromatic nitrogens is 1. The minimum atomic E-state index is -3.10. The van der Waals surface area contributed by atoms with Gasteiger partial charge in [-0.1, -0.05) is 22.9 Å². The van der Waals surface area contributed by atoms with Crippen molar-refractivity contribution in [3.05, 3.63) is 10.0 Å². The van der Waals surface area contributed by atoms with E-state index in [1.807, 2.05) is 4.90 Å². The second-order valence-electron chi connectivity index (χ2n) is 3.99. The van der Waals surface area contributed by atoms with Crippen molar-refractivity contribution in [1.82, 2.24) is 9.29 Å². The number of nitrogens with zero attached hydrogens (tertiary/aromatic N) is 3. The van der Waals surface area contributed by atoms with Crippen LogP contribution in [0.15, 0.2) is 0 Å². The molecule has 1 saturated heterocycles. The quantitative estimate of drug-likeness (QED) is 0.791. The Morgan fingerprint density at radius 3 is 2.39 bits per heavy atom. The Balaban J connectivity index is 2.05. The van der Waals surface area contributed by atoms with Gasteiger partial charge in [0.2, 0.25) is 10.0 Å². The highest BCUT2D eigenvalue weighted by molar-refractivity contribution is 7.88. The summed E-state index contributed by atoms with van der Waals surface area (Å²) in [5.74, 6) is 0.347. The second kappa shape index (κ2) is 5.50. The van der Waals surface area contributed by atoms with E-state index in [4.69, 9.17) is 23.2 Å².